The number of rotatable bonds is 5. The van der Waals surface area contributed by atoms with Crippen LogP contribution in [0.2, 0.25) is 5.02 Å². The Kier molecular flexibility index (Phi) is 5.11. The second kappa shape index (κ2) is 7.63. The van der Waals surface area contributed by atoms with Gasteiger partial charge in [-0.15, -0.1) is 0 Å². The number of hydrogen-bond acceptors (Lipinski definition) is 5. The van der Waals surface area contributed by atoms with Crippen LogP contribution in [0.3, 0.4) is 0 Å². The summed E-state index contributed by atoms with van der Waals surface area (Å²) in [6, 6.07) is 14.3. The fourth-order valence-electron chi connectivity index (χ4n) is 2.07. The molecule has 0 saturated carbocycles. The van der Waals surface area contributed by atoms with Crippen molar-refractivity contribution in [3.05, 3.63) is 71.5 Å². The first-order valence-corrected chi connectivity index (χ1v) is 7.82. The summed E-state index contributed by atoms with van der Waals surface area (Å²) in [5.74, 6) is 0.778. The predicted molar refractivity (Wildman–Crippen MR) is 97.7 cm³/mol. The van der Waals surface area contributed by atoms with Gasteiger partial charge >= 0.3 is 0 Å². The zero-order valence-corrected chi connectivity index (χ0v) is 14.1. The molecule has 25 heavy (non-hydrogen) atoms. The zero-order chi connectivity index (χ0) is 17.6. The van der Waals surface area contributed by atoms with Crippen LogP contribution in [0.25, 0.3) is 0 Å². The molecule has 1 amide bonds. The van der Waals surface area contributed by atoms with Crippen molar-refractivity contribution < 1.29 is 9.53 Å². The highest BCUT2D eigenvalue weighted by Crippen LogP contribution is 2.23. The number of halogens is 1. The van der Waals surface area contributed by atoms with E-state index in [2.05, 4.69) is 20.6 Å². The van der Waals surface area contributed by atoms with E-state index in [0.717, 1.165) is 5.75 Å². The number of para-hydroxylation sites is 1. The maximum Gasteiger partial charge on any atom is 0.258 e. The van der Waals surface area contributed by atoms with E-state index in [4.69, 9.17) is 16.3 Å². The molecule has 0 spiro atoms. The summed E-state index contributed by atoms with van der Waals surface area (Å²) in [5.41, 5.74) is 1.70. The molecule has 0 radical (unpaired) electrons. The van der Waals surface area contributed by atoms with Gasteiger partial charge in [-0.25, -0.2) is 9.97 Å². The molecule has 0 aliphatic rings. The highest BCUT2D eigenvalue weighted by molar-refractivity contribution is 6.33. The second-order valence-corrected chi connectivity index (χ2v) is 5.49. The van der Waals surface area contributed by atoms with Gasteiger partial charge in [0.2, 0.25) is 5.95 Å². The number of carbonyl (C=O) groups excluding carboxylic acids is 1. The SMILES string of the molecule is COc1ccc(NC(=O)c2cnc(Nc3ccccc3Cl)nc2)cc1. The normalized spacial score (nSPS) is 10.2. The Hall–Kier alpha value is -3.12. The highest BCUT2D eigenvalue weighted by Gasteiger charge is 2.08. The van der Waals surface area contributed by atoms with Crippen LogP contribution in [-0.4, -0.2) is 23.0 Å². The molecule has 0 unspecified atom stereocenters. The van der Waals surface area contributed by atoms with Gasteiger partial charge in [-0.05, 0) is 36.4 Å². The number of methoxy groups -OCH3 is 1. The fourth-order valence-corrected chi connectivity index (χ4v) is 2.25. The van der Waals surface area contributed by atoms with Crippen LogP contribution in [0.1, 0.15) is 10.4 Å². The van der Waals surface area contributed by atoms with E-state index in [1.807, 2.05) is 18.2 Å². The maximum atomic E-state index is 12.2. The third-order valence-corrected chi connectivity index (χ3v) is 3.71. The average Bonchev–Trinajstić information content (AvgIpc) is 2.65. The molecule has 1 aromatic heterocycles. The number of amides is 1. The van der Waals surface area contributed by atoms with Crippen LogP contribution in [0, 0.1) is 0 Å². The summed E-state index contributed by atoms with van der Waals surface area (Å²) in [6.45, 7) is 0. The van der Waals surface area contributed by atoms with Crippen molar-refractivity contribution in [3.8, 4) is 5.75 Å². The lowest BCUT2D eigenvalue weighted by Crippen LogP contribution is -2.13. The standard InChI is InChI=1S/C18H15ClN4O2/c1-25-14-8-6-13(7-9-14)22-17(24)12-10-20-18(21-11-12)23-16-5-3-2-4-15(16)19/h2-11H,1H3,(H,22,24)(H,20,21,23). The third kappa shape index (κ3) is 4.24. The molecule has 1 heterocycles. The number of benzene rings is 2. The predicted octanol–water partition coefficient (Wildman–Crippen LogP) is 4.13. The monoisotopic (exact) mass is 354 g/mol. The van der Waals surface area contributed by atoms with E-state index >= 15 is 0 Å². The summed E-state index contributed by atoms with van der Waals surface area (Å²) in [6.07, 6.45) is 2.90. The van der Waals surface area contributed by atoms with E-state index in [0.29, 0.717) is 27.9 Å². The van der Waals surface area contributed by atoms with Gasteiger partial charge in [-0.1, -0.05) is 23.7 Å². The van der Waals surface area contributed by atoms with Crippen molar-refractivity contribution in [1.29, 1.82) is 0 Å². The number of hydrogen-bond donors (Lipinski definition) is 2. The summed E-state index contributed by atoms with van der Waals surface area (Å²) < 4.78 is 5.08. The Morgan fingerprint density at radius 2 is 1.72 bits per heavy atom. The molecule has 0 bridgehead atoms. The van der Waals surface area contributed by atoms with Crippen LogP contribution in [0.5, 0.6) is 5.75 Å². The highest BCUT2D eigenvalue weighted by atomic mass is 35.5. The number of anilines is 3. The lowest BCUT2D eigenvalue weighted by atomic mass is 10.2. The number of aromatic nitrogens is 2. The molecule has 0 saturated heterocycles. The largest absolute Gasteiger partial charge is 0.497 e. The van der Waals surface area contributed by atoms with E-state index in [1.54, 1.807) is 37.4 Å². The minimum Gasteiger partial charge on any atom is -0.497 e. The van der Waals surface area contributed by atoms with Crippen molar-refractivity contribution in [2.75, 3.05) is 17.7 Å². The molecular weight excluding hydrogens is 340 g/mol. The lowest BCUT2D eigenvalue weighted by molar-refractivity contribution is 0.102. The molecule has 0 fully saturated rings. The number of carbonyl (C=O) groups is 1. The van der Waals surface area contributed by atoms with Crippen LogP contribution < -0.4 is 15.4 Å². The van der Waals surface area contributed by atoms with Gasteiger partial charge < -0.3 is 15.4 Å². The van der Waals surface area contributed by atoms with Crippen molar-refractivity contribution >= 4 is 34.8 Å². The summed E-state index contributed by atoms with van der Waals surface area (Å²) in [5, 5.41) is 6.34. The molecule has 6 nitrogen and oxygen atoms in total. The van der Waals surface area contributed by atoms with Gasteiger partial charge in [-0.2, -0.15) is 0 Å². The van der Waals surface area contributed by atoms with Crippen molar-refractivity contribution in [1.82, 2.24) is 9.97 Å². The Morgan fingerprint density at radius 1 is 1.04 bits per heavy atom. The first-order chi connectivity index (χ1) is 12.2. The molecule has 0 aliphatic carbocycles. The minimum atomic E-state index is -0.297. The maximum absolute atomic E-state index is 12.2. The molecule has 2 N–H and O–H groups in total. The van der Waals surface area contributed by atoms with Crippen LogP contribution >= 0.6 is 11.6 Å². The van der Waals surface area contributed by atoms with E-state index in [-0.39, 0.29) is 5.91 Å². The number of ether oxygens (including phenoxy) is 1. The Labute approximate surface area is 149 Å². The minimum absolute atomic E-state index is 0.297. The van der Waals surface area contributed by atoms with E-state index in [1.165, 1.54) is 12.4 Å². The third-order valence-electron chi connectivity index (χ3n) is 3.38. The van der Waals surface area contributed by atoms with Gasteiger partial charge in [0.25, 0.3) is 5.91 Å². The molecule has 7 heteroatoms. The van der Waals surface area contributed by atoms with Gasteiger partial charge in [0.05, 0.1) is 23.4 Å². The number of nitrogens with zero attached hydrogens (tertiary/aromatic N) is 2. The molecule has 0 atom stereocenters. The van der Waals surface area contributed by atoms with Gasteiger partial charge in [0, 0.05) is 18.1 Å². The second-order valence-electron chi connectivity index (χ2n) is 5.08. The molecule has 0 aliphatic heterocycles. The summed E-state index contributed by atoms with van der Waals surface area (Å²) in [7, 11) is 1.59. The molecule has 3 rings (SSSR count). The first-order valence-electron chi connectivity index (χ1n) is 7.45. The average molecular weight is 355 g/mol. The van der Waals surface area contributed by atoms with Gasteiger partial charge in [0.15, 0.2) is 0 Å². The molecular formula is C18H15ClN4O2. The molecule has 3 aromatic rings. The lowest BCUT2D eigenvalue weighted by Gasteiger charge is -2.08. The Morgan fingerprint density at radius 3 is 2.36 bits per heavy atom. The smallest absolute Gasteiger partial charge is 0.258 e. The van der Waals surface area contributed by atoms with Crippen LogP contribution in [-0.2, 0) is 0 Å². The van der Waals surface area contributed by atoms with Crippen molar-refractivity contribution in [3.63, 3.8) is 0 Å². The van der Waals surface area contributed by atoms with Crippen LogP contribution in [0.4, 0.5) is 17.3 Å². The fraction of sp³-hybridized carbons (Fsp3) is 0.0556. The van der Waals surface area contributed by atoms with E-state index in [9.17, 15) is 4.79 Å². The summed E-state index contributed by atoms with van der Waals surface area (Å²) >= 11 is 6.08. The number of nitrogens with one attached hydrogen (secondary N) is 2. The Balaban J connectivity index is 1.66. The summed E-state index contributed by atoms with van der Waals surface area (Å²) in [4.78, 5) is 20.5. The topological polar surface area (TPSA) is 76.1 Å². The van der Waals surface area contributed by atoms with Crippen molar-refractivity contribution in [2.24, 2.45) is 0 Å². The first kappa shape index (κ1) is 16.7. The van der Waals surface area contributed by atoms with E-state index < -0.39 is 0 Å². The quantitative estimate of drug-likeness (QED) is 0.720. The van der Waals surface area contributed by atoms with Gasteiger partial charge in [0.1, 0.15) is 5.75 Å². The molecule has 2 aromatic carbocycles. The molecule has 126 valence electrons. The Bertz CT molecular complexity index is 867. The van der Waals surface area contributed by atoms with Crippen LogP contribution in [0.15, 0.2) is 60.9 Å². The van der Waals surface area contributed by atoms with Crippen molar-refractivity contribution in [2.45, 2.75) is 0 Å². The zero-order valence-electron chi connectivity index (χ0n) is 13.4. The van der Waals surface area contributed by atoms with Gasteiger partial charge in [-0.3, -0.25) is 4.79 Å².